The number of benzene rings is 18. The smallest absolute Gasteiger partial charge is 0.164 e. The van der Waals surface area contributed by atoms with Gasteiger partial charge in [-0.05, 0) is 191 Å². The zero-order chi connectivity index (χ0) is 69.3. The average molecular weight is 1370 g/mol. The first-order valence-electron chi connectivity index (χ1n) is 35.8. The van der Waals surface area contributed by atoms with Gasteiger partial charge in [0.05, 0.1) is 11.0 Å². The fourth-order valence-corrected chi connectivity index (χ4v) is 16.3. The highest BCUT2D eigenvalue weighted by Gasteiger charge is 2.32. The molecule has 0 saturated carbocycles. The Labute approximate surface area is 622 Å². The van der Waals surface area contributed by atoms with Gasteiger partial charge in [0.15, 0.2) is 17.5 Å². The van der Waals surface area contributed by atoms with Crippen molar-refractivity contribution < 1.29 is 0 Å². The van der Waals surface area contributed by atoms with Gasteiger partial charge in [0.1, 0.15) is 5.82 Å². The summed E-state index contributed by atoms with van der Waals surface area (Å²) in [5, 5.41) is 14.8. The summed E-state index contributed by atoms with van der Waals surface area (Å²) < 4.78 is 2.26. The molecule has 5 heteroatoms. The lowest BCUT2D eigenvalue weighted by molar-refractivity contribution is 1.08. The lowest BCUT2D eigenvalue weighted by Crippen LogP contribution is -2.00. The van der Waals surface area contributed by atoms with Crippen LogP contribution in [0.5, 0.6) is 0 Å². The van der Waals surface area contributed by atoms with Crippen LogP contribution in [0.15, 0.2) is 382 Å². The third-order valence-corrected chi connectivity index (χ3v) is 21.0. The van der Waals surface area contributed by atoms with Gasteiger partial charge in [-0.25, -0.2) is 19.9 Å². The van der Waals surface area contributed by atoms with E-state index >= 15 is 0 Å². The third-order valence-electron chi connectivity index (χ3n) is 21.0. The van der Waals surface area contributed by atoms with Crippen molar-refractivity contribution in [2.45, 2.75) is 14.9 Å². The Morgan fingerprint density at radius 2 is 0.589 bits per heavy atom. The van der Waals surface area contributed by atoms with Crippen molar-refractivity contribution in [3.05, 3.63) is 382 Å². The van der Waals surface area contributed by atoms with Gasteiger partial charge in [0.25, 0.3) is 0 Å². The van der Waals surface area contributed by atoms with Crippen molar-refractivity contribution >= 4 is 75.7 Å². The first-order valence-corrected chi connectivity index (χ1v) is 35.8. The molecule has 0 radical (unpaired) electrons. The third kappa shape index (κ3) is 11.3. The summed E-state index contributed by atoms with van der Waals surface area (Å²) in [7, 11) is 0. The maximum atomic E-state index is 5.13. The highest BCUT2D eigenvalue weighted by molar-refractivity contribution is 6.29. The van der Waals surface area contributed by atoms with Gasteiger partial charge in [0.2, 0.25) is 0 Å². The fraction of sp³-hybridized carbons (Fsp3) is 0.0196. The summed E-state index contributed by atoms with van der Waals surface area (Å²) in [6.45, 7) is 0. The predicted octanol–water partition coefficient (Wildman–Crippen LogP) is 27.7. The average Bonchev–Trinajstić information content (AvgIpc) is 1.58. The molecule has 504 valence electrons. The summed E-state index contributed by atoms with van der Waals surface area (Å²) in [6.07, 6.45) is 0. The Bertz CT molecular complexity index is 6640. The monoisotopic (exact) mass is 1370 g/mol. The zero-order valence-corrected chi connectivity index (χ0v) is 57.1. The van der Waals surface area contributed by atoms with Crippen LogP contribution in [0.25, 0.3) is 205 Å². The van der Waals surface area contributed by atoms with E-state index in [4.69, 9.17) is 19.9 Å². The van der Waals surface area contributed by atoms with E-state index in [0.29, 0.717) is 17.5 Å². The Morgan fingerprint density at radius 1 is 0.196 bits per heavy atom. The highest BCUT2D eigenvalue weighted by atomic mass is 15.1. The first kappa shape index (κ1) is 65.1. The molecule has 0 N–H and O–H groups in total. The van der Waals surface area contributed by atoms with Crippen LogP contribution in [0.3, 0.4) is 0 Å². The van der Waals surface area contributed by atoms with Gasteiger partial charge < -0.3 is 0 Å². The zero-order valence-electron chi connectivity index (χ0n) is 57.1. The standard InChI is InChI=1S/C53H34N2.C47H29N3.2CH4/c1-2-16-44(17-3-1)55-50-21-11-10-20-49(50)54-53(55)38-26-22-37(23-27-38)41-30-31-47-48(34-41)52(43-29-25-36-13-5-7-15-40(36)33-43)46-19-9-8-18-45(46)51(47)42-28-24-35-12-4-6-14-39(35)32-42;1-5-16-30(17-6-1)40-34-24-13-14-25-35(34)41(31-18-7-2-8-19-31)44-39-29-28-37(36-26-15-27-38(42(36)39)43(40)44)47-49-45(32-20-9-3-10-21-32)48-46(50-47)33-22-11-4-12-23-33;;/h1-34H;1-29H;2*1H4. The second-order valence-electron chi connectivity index (χ2n) is 27.1. The van der Waals surface area contributed by atoms with Crippen LogP contribution in [-0.4, -0.2) is 24.5 Å². The topological polar surface area (TPSA) is 56.5 Å². The molecule has 0 atom stereocenters. The van der Waals surface area contributed by atoms with Crippen molar-refractivity contribution in [1.82, 2.24) is 24.5 Å². The Balaban J connectivity index is 0.000000149. The summed E-state index contributed by atoms with van der Waals surface area (Å²) in [6, 6.07) is 137. The van der Waals surface area contributed by atoms with E-state index in [9.17, 15) is 0 Å². The molecule has 21 rings (SSSR count). The van der Waals surface area contributed by atoms with E-state index < -0.39 is 0 Å². The molecule has 107 heavy (non-hydrogen) atoms. The van der Waals surface area contributed by atoms with Crippen molar-refractivity contribution in [3.8, 4) is 129 Å². The quantitative estimate of drug-likeness (QED) is 0.128. The van der Waals surface area contributed by atoms with Gasteiger partial charge in [-0.1, -0.05) is 349 Å². The molecule has 0 amide bonds. The Kier molecular flexibility index (Phi) is 16.6. The minimum atomic E-state index is 0. The second-order valence-corrected chi connectivity index (χ2v) is 27.1. The van der Waals surface area contributed by atoms with Crippen molar-refractivity contribution in [2.75, 3.05) is 0 Å². The van der Waals surface area contributed by atoms with E-state index in [1.807, 2.05) is 36.4 Å². The first-order chi connectivity index (χ1) is 52.1. The largest absolute Gasteiger partial charge is 0.292 e. The number of hydrogen-bond donors (Lipinski definition) is 0. The number of fused-ring (bicyclic) bond motifs is 9. The van der Waals surface area contributed by atoms with E-state index in [1.165, 1.54) is 132 Å². The molecule has 18 aromatic carbocycles. The van der Waals surface area contributed by atoms with Crippen LogP contribution in [-0.2, 0) is 0 Å². The molecule has 0 unspecified atom stereocenters. The summed E-state index contributed by atoms with van der Waals surface area (Å²) >= 11 is 0. The summed E-state index contributed by atoms with van der Waals surface area (Å²) in [5.41, 5.74) is 24.4. The Morgan fingerprint density at radius 3 is 1.14 bits per heavy atom. The van der Waals surface area contributed by atoms with Crippen LogP contribution in [0.1, 0.15) is 14.9 Å². The molecule has 2 aromatic heterocycles. The van der Waals surface area contributed by atoms with E-state index in [0.717, 1.165) is 55.7 Å². The van der Waals surface area contributed by atoms with Gasteiger partial charge >= 0.3 is 0 Å². The number of hydrogen-bond acceptors (Lipinski definition) is 4. The fourth-order valence-electron chi connectivity index (χ4n) is 16.3. The van der Waals surface area contributed by atoms with E-state index in [2.05, 4.69) is 350 Å². The molecule has 0 spiro atoms. The molecule has 0 bridgehead atoms. The van der Waals surface area contributed by atoms with Gasteiger partial charge in [-0.2, -0.15) is 0 Å². The summed E-state index contributed by atoms with van der Waals surface area (Å²) in [5.74, 6) is 2.91. The molecule has 0 aliphatic heterocycles. The number of rotatable bonds is 10. The van der Waals surface area contributed by atoms with Crippen molar-refractivity contribution in [2.24, 2.45) is 0 Å². The maximum Gasteiger partial charge on any atom is 0.164 e. The molecule has 0 fully saturated rings. The number of imidazole rings is 1. The minimum absolute atomic E-state index is 0. The molecule has 1 aliphatic carbocycles. The lowest BCUT2D eigenvalue weighted by atomic mass is 9.82. The van der Waals surface area contributed by atoms with Gasteiger partial charge in [-0.3, -0.25) is 4.57 Å². The predicted molar refractivity (Wildman–Crippen MR) is 453 cm³/mol. The molecule has 5 nitrogen and oxygen atoms in total. The van der Waals surface area contributed by atoms with Crippen LogP contribution < -0.4 is 0 Å². The molecular weight excluding hydrogens is 1300 g/mol. The normalized spacial score (nSPS) is 11.4. The Hall–Kier alpha value is -14.0. The minimum Gasteiger partial charge on any atom is -0.292 e. The molecule has 0 saturated heterocycles. The number of nitrogens with zero attached hydrogens (tertiary/aromatic N) is 5. The van der Waals surface area contributed by atoms with E-state index in [1.54, 1.807) is 0 Å². The molecular formula is C102H71N5. The van der Waals surface area contributed by atoms with Crippen LogP contribution >= 0.6 is 0 Å². The molecule has 1 aliphatic rings. The number of para-hydroxylation sites is 3. The number of aromatic nitrogens is 5. The lowest BCUT2D eigenvalue weighted by Gasteiger charge is -2.20. The van der Waals surface area contributed by atoms with Crippen LogP contribution in [0.2, 0.25) is 0 Å². The second kappa shape index (κ2) is 27.3. The molecule has 20 aromatic rings. The van der Waals surface area contributed by atoms with E-state index in [-0.39, 0.29) is 14.9 Å². The van der Waals surface area contributed by atoms with Crippen LogP contribution in [0.4, 0.5) is 0 Å². The maximum absolute atomic E-state index is 5.13. The molecule has 2 heterocycles. The van der Waals surface area contributed by atoms with Gasteiger partial charge in [0, 0.05) is 27.9 Å². The SMILES string of the molecule is C.C.c1ccc(-c2nc(-c3ccccc3)nc(-c3ccc4c5c(cccc35)-c3c-4c(-c4ccccc4)c4ccccc4c3-c3ccccc3)n2)cc1.c1ccc(-n2c(-c3ccc(-c4ccc5c(-c6ccc7ccccc7c6)c6ccccc6c(-c6ccc7ccccc7c6)c5c4)cc3)nc3ccccc32)cc1. The van der Waals surface area contributed by atoms with Crippen molar-refractivity contribution in [3.63, 3.8) is 0 Å². The summed E-state index contributed by atoms with van der Waals surface area (Å²) in [4.78, 5) is 20.3. The van der Waals surface area contributed by atoms with Gasteiger partial charge in [-0.15, -0.1) is 0 Å². The van der Waals surface area contributed by atoms with Crippen molar-refractivity contribution in [1.29, 1.82) is 0 Å². The highest BCUT2D eigenvalue weighted by Crippen LogP contribution is 2.59. The van der Waals surface area contributed by atoms with Crippen LogP contribution in [0, 0.1) is 0 Å².